The third-order valence-corrected chi connectivity index (χ3v) is 2.80. The summed E-state index contributed by atoms with van der Waals surface area (Å²) in [5.74, 6) is 0.668. The summed E-state index contributed by atoms with van der Waals surface area (Å²) < 4.78 is 0. The molecule has 16 heavy (non-hydrogen) atoms. The van der Waals surface area contributed by atoms with Gasteiger partial charge in [0.25, 0.3) is 5.69 Å². The lowest BCUT2D eigenvalue weighted by atomic mass is 10.1. The van der Waals surface area contributed by atoms with Crippen LogP contribution in [0.1, 0.15) is 12.8 Å². The monoisotopic (exact) mass is 222 g/mol. The first-order valence-electron chi connectivity index (χ1n) is 5.28. The van der Waals surface area contributed by atoms with Gasteiger partial charge in [-0.3, -0.25) is 10.1 Å². The van der Waals surface area contributed by atoms with Gasteiger partial charge in [0.15, 0.2) is 0 Å². The third kappa shape index (κ3) is 2.27. The third-order valence-electron chi connectivity index (χ3n) is 2.80. The van der Waals surface area contributed by atoms with Gasteiger partial charge in [-0.2, -0.15) is 0 Å². The molecule has 2 heterocycles. The van der Waals surface area contributed by atoms with Crippen LogP contribution in [0, 0.1) is 10.1 Å². The Balaban J connectivity index is 2.14. The summed E-state index contributed by atoms with van der Waals surface area (Å²) >= 11 is 0. The fraction of sp³-hybridized carbons (Fsp3) is 0.500. The van der Waals surface area contributed by atoms with Gasteiger partial charge in [0.2, 0.25) is 0 Å². The molecule has 0 atom stereocenters. The molecular weight excluding hydrogens is 208 g/mol. The Bertz CT molecular complexity index is 388. The molecule has 0 bridgehead atoms. The van der Waals surface area contributed by atoms with E-state index in [-0.39, 0.29) is 11.7 Å². The summed E-state index contributed by atoms with van der Waals surface area (Å²) in [7, 11) is 0. The van der Waals surface area contributed by atoms with E-state index in [0.717, 1.165) is 25.9 Å². The number of nitro groups is 1. The molecular formula is C10H14N4O2. The van der Waals surface area contributed by atoms with Gasteiger partial charge < -0.3 is 10.6 Å². The molecule has 0 radical (unpaired) electrons. The van der Waals surface area contributed by atoms with Gasteiger partial charge in [0.05, 0.1) is 11.0 Å². The Hall–Kier alpha value is -1.69. The zero-order chi connectivity index (χ0) is 11.5. The number of piperidine rings is 1. The molecule has 1 aromatic rings. The highest BCUT2D eigenvalue weighted by Gasteiger charge is 2.18. The van der Waals surface area contributed by atoms with Crippen LogP contribution in [0.15, 0.2) is 18.3 Å². The van der Waals surface area contributed by atoms with E-state index in [4.69, 9.17) is 5.73 Å². The molecule has 0 saturated carbocycles. The van der Waals surface area contributed by atoms with Crippen molar-refractivity contribution >= 4 is 11.5 Å². The van der Waals surface area contributed by atoms with Crippen LogP contribution in [0.25, 0.3) is 0 Å². The molecule has 6 nitrogen and oxygen atoms in total. The normalized spacial score (nSPS) is 17.4. The van der Waals surface area contributed by atoms with Gasteiger partial charge in [-0.05, 0) is 12.8 Å². The summed E-state index contributed by atoms with van der Waals surface area (Å²) in [5.41, 5.74) is 5.88. The van der Waals surface area contributed by atoms with E-state index < -0.39 is 4.92 Å². The second-order valence-corrected chi connectivity index (χ2v) is 3.95. The molecule has 1 aliphatic rings. The van der Waals surface area contributed by atoms with Crippen LogP contribution in [-0.4, -0.2) is 29.0 Å². The van der Waals surface area contributed by atoms with Crippen LogP contribution in [0.2, 0.25) is 0 Å². The van der Waals surface area contributed by atoms with Crippen molar-refractivity contribution in [3.63, 3.8) is 0 Å². The lowest BCUT2D eigenvalue weighted by Gasteiger charge is -2.30. The highest BCUT2D eigenvalue weighted by Crippen LogP contribution is 2.21. The number of nitrogens with zero attached hydrogens (tertiary/aromatic N) is 3. The maximum absolute atomic E-state index is 10.6. The Morgan fingerprint density at radius 3 is 2.81 bits per heavy atom. The average Bonchev–Trinajstić information content (AvgIpc) is 2.30. The summed E-state index contributed by atoms with van der Waals surface area (Å²) in [5, 5.41) is 10.6. The van der Waals surface area contributed by atoms with E-state index in [9.17, 15) is 10.1 Å². The first-order chi connectivity index (χ1) is 7.66. The average molecular weight is 222 g/mol. The predicted octanol–water partition coefficient (Wildman–Crippen LogP) is 0.917. The molecule has 0 aromatic carbocycles. The molecule has 1 saturated heterocycles. The van der Waals surface area contributed by atoms with E-state index in [1.54, 1.807) is 0 Å². The van der Waals surface area contributed by atoms with Gasteiger partial charge in [-0.25, -0.2) is 4.98 Å². The van der Waals surface area contributed by atoms with Crippen molar-refractivity contribution in [3.8, 4) is 0 Å². The maximum atomic E-state index is 10.6. The minimum Gasteiger partial charge on any atom is -0.356 e. The van der Waals surface area contributed by atoms with Crippen LogP contribution >= 0.6 is 0 Å². The topological polar surface area (TPSA) is 85.3 Å². The summed E-state index contributed by atoms with van der Waals surface area (Å²) in [6, 6.07) is 3.16. The van der Waals surface area contributed by atoms with Gasteiger partial charge in [-0.15, -0.1) is 0 Å². The molecule has 1 fully saturated rings. The van der Waals surface area contributed by atoms with Crippen LogP contribution < -0.4 is 10.6 Å². The van der Waals surface area contributed by atoms with Crippen molar-refractivity contribution in [2.24, 2.45) is 5.73 Å². The van der Waals surface area contributed by atoms with Crippen molar-refractivity contribution in [3.05, 3.63) is 28.4 Å². The van der Waals surface area contributed by atoms with Crippen molar-refractivity contribution in [2.75, 3.05) is 18.0 Å². The van der Waals surface area contributed by atoms with Crippen LogP contribution in [-0.2, 0) is 0 Å². The molecule has 86 valence electrons. The molecule has 1 aromatic heterocycles. The number of hydrogen-bond donors (Lipinski definition) is 1. The lowest BCUT2D eigenvalue weighted by molar-refractivity contribution is -0.384. The van der Waals surface area contributed by atoms with E-state index in [2.05, 4.69) is 4.98 Å². The summed E-state index contributed by atoms with van der Waals surface area (Å²) in [6.07, 6.45) is 3.29. The van der Waals surface area contributed by atoms with Gasteiger partial charge >= 0.3 is 0 Å². The number of nitrogens with two attached hydrogens (primary N) is 1. The highest BCUT2D eigenvalue weighted by molar-refractivity contribution is 5.46. The molecule has 1 aliphatic heterocycles. The number of aromatic nitrogens is 1. The Kier molecular flexibility index (Phi) is 3.00. The van der Waals surface area contributed by atoms with Crippen molar-refractivity contribution in [1.29, 1.82) is 0 Å². The molecule has 2 rings (SSSR count). The van der Waals surface area contributed by atoms with Gasteiger partial charge in [0.1, 0.15) is 5.82 Å². The zero-order valence-electron chi connectivity index (χ0n) is 8.87. The second-order valence-electron chi connectivity index (χ2n) is 3.95. The largest absolute Gasteiger partial charge is 0.356 e. The second kappa shape index (κ2) is 4.44. The highest BCUT2D eigenvalue weighted by atomic mass is 16.6. The number of pyridine rings is 1. The fourth-order valence-corrected chi connectivity index (χ4v) is 1.82. The van der Waals surface area contributed by atoms with E-state index >= 15 is 0 Å². The van der Waals surface area contributed by atoms with Crippen LogP contribution in [0.3, 0.4) is 0 Å². The zero-order valence-corrected chi connectivity index (χ0v) is 8.87. The van der Waals surface area contributed by atoms with Gasteiger partial charge in [-0.1, -0.05) is 0 Å². The summed E-state index contributed by atoms with van der Waals surface area (Å²) in [6.45, 7) is 1.63. The smallest absolute Gasteiger partial charge is 0.274 e. The Morgan fingerprint density at radius 2 is 2.19 bits per heavy atom. The lowest BCUT2D eigenvalue weighted by Crippen LogP contribution is -2.40. The van der Waals surface area contributed by atoms with E-state index in [0.29, 0.717) is 5.82 Å². The maximum Gasteiger partial charge on any atom is 0.274 e. The SMILES string of the molecule is NC1CCN(c2cc([N+](=O)[O-])ccn2)CC1. The Morgan fingerprint density at radius 1 is 1.50 bits per heavy atom. The predicted molar refractivity (Wildman–Crippen MR) is 60.3 cm³/mol. The van der Waals surface area contributed by atoms with Crippen LogP contribution in [0.5, 0.6) is 0 Å². The number of hydrogen-bond acceptors (Lipinski definition) is 5. The molecule has 0 unspecified atom stereocenters. The fourth-order valence-electron chi connectivity index (χ4n) is 1.82. The first kappa shape index (κ1) is 10.8. The standard InChI is InChI=1S/C10H14N4O2/c11-8-2-5-13(6-3-8)10-7-9(14(15)16)1-4-12-10/h1,4,7-8H,2-3,5-6,11H2. The number of anilines is 1. The minimum absolute atomic E-state index is 0.0832. The van der Waals surface area contributed by atoms with Crippen LogP contribution in [0.4, 0.5) is 11.5 Å². The van der Waals surface area contributed by atoms with Crippen molar-refractivity contribution < 1.29 is 4.92 Å². The minimum atomic E-state index is -0.402. The molecule has 0 aliphatic carbocycles. The molecule has 6 heteroatoms. The van der Waals surface area contributed by atoms with Crippen molar-refractivity contribution in [2.45, 2.75) is 18.9 Å². The molecule has 0 amide bonds. The van der Waals surface area contributed by atoms with Crippen molar-refractivity contribution in [1.82, 2.24) is 4.98 Å². The van der Waals surface area contributed by atoms with E-state index in [1.165, 1.54) is 18.3 Å². The number of rotatable bonds is 2. The first-order valence-corrected chi connectivity index (χ1v) is 5.28. The quantitative estimate of drug-likeness (QED) is 0.594. The molecule has 0 spiro atoms. The van der Waals surface area contributed by atoms with E-state index in [1.807, 2.05) is 4.90 Å². The Labute approximate surface area is 93.2 Å². The summed E-state index contributed by atoms with van der Waals surface area (Å²) in [4.78, 5) is 16.4. The molecule has 2 N–H and O–H groups in total. The van der Waals surface area contributed by atoms with Gasteiger partial charge in [0, 0.05) is 31.4 Å².